The van der Waals surface area contributed by atoms with Gasteiger partial charge in [0.15, 0.2) is 6.10 Å². The molecule has 1 amide bonds. The molecule has 0 saturated carbocycles. The monoisotopic (exact) mass is 269 g/mol. The van der Waals surface area contributed by atoms with Gasteiger partial charge in [-0.25, -0.2) is 0 Å². The number of methoxy groups -OCH3 is 1. The van der Waals surface area contributed by atoms with E-state index in [4.69, 9.17) is 9.47 Å². The molecule has 8 nitrogen and oxygen atoms in total. The number of ether oxygens (including phenoxy) is 3. The summed E-state index contributed by atoms with van der Waals surface area (Å²) in [5.41, 5.74) is 0.489. The molecule has 1 unspecified atom stereocenters. The number of nitrogens with one attached hydrogen (secondary N) is 1. The molecule has 1 atom stereocenters. The van der Waals surface area contributed by atoms with E-state index in [0.29, 0.717) is 18.9 Å². The summed E-state index contributed by atoms with van der Waals surface area (Å²) in [5, 5.41) is 6.58. The third-order valence-electron chi connectivity index (χ3n) is 2.53. The minimum atomic E-state index is -0.613. The summed E-state index contributed by atoms with van der Waals surface area (Å²) in [6, 6.07) is 0. The lowest BCUT2D eigenvalue weighted by Gasteiger charge is -2.21. The van der Waals surface area contributed by atoms with Gasteiger partial charge in [-0.3, -0.25) is 14.3 Å². The summed E-state index contributed by atoms with van der Waals surface area (Å²) in [7, 11) is 1.30. The second kappa shape index (κ2) is 6.30. The largest absolute Gasteiger partial charge is 0.468 e. The molecule has 1 aliphatic rings. The van der Waals surface area contributed by atoms with Gasteiger partial charge in [0, 0.05) is 6.20 Å². The normalized spacial score (nSPS) is 18.9. The Morgan fingerprint density at radius 1 is 1.58 bits per heavy atom. The average molecular weight is 269 g/mol. The Bertz CT molecular complexity index is 453. The van der Waals surface area contributed by atoms with Crippen molar-refractivity contribution in [3.05, 3.63) is 12.4 Å². The molecule has 1 aromatic rings. The Labute approximate surface area is 109 Å². The lowest BCUT2D eigenvalue weighted by Crippen LogP contribution is -2.38. The van der Waals surface area contributed by atoms with Crippen molar-refractivity contribution >= 4 is 17.6 Å². The fraction of sp³-hybridized carbons (Fsp3) is 0.545. The van der Waals surface area contributed by atoms with Crippen LogP contribution in [0.2, 0.25) is 0 Å². The molecular weight excluding hydrogens is 254 g/mol. The SMILES string of the molecule is COC(=O)Cn1cc(NC(=O)C2COCCO2)cn1. The van der Waals surface area contributed by atoms with Crippen molar-refractivity contribution in [1.82, 2.24) is 9.78 Å². The van der Waals surface area contributed by atoms with E-state index >= 15 is 0 Å². The highest BCUT2D eigenvalue weighted by atomic mass is 16.6. The van der Waals surface area contributed by atoms with Crippen molar-refractivity contribution in [2.45, 2.75) is 12.6 Å². The van der Waals surface area contributed by atoms with E-state index in [0.717, 1.165) is 0 Å². The van der Waals surface area contributed by atoms with E-state index < -0.39 is 12.1 Å². The predicted octanol–water partition coefficient (Wildman–Crippen LogP) is -0.590. The maximum atomic E-state index is 11.8. The van der Waals surface area contributed by atoms with Crippen molar-refractivity contribution in [1.29, 1.82) is 0 Å². The summed E-state index contributed by atoms with van der Waals surface area (Å²) in [6.07, 6.45) is 2.38. The molecule has 1 saturated heterocycles. The summed E-state index contributed by atoms with van der Waals surface area (Å²) < 4.78 is 16.3. The van der Waals surface area contributed by atoms with Gasteiger partial charge in [-0.1, -0.05) is 0 Å². The number of aromatic nitrogens is 2. The second-order valence-corrected chi connectivity index (χ2v) is 3.93. The number of hydrogen-bond donors (Lipinski definition) is 1. The highest BCUT2D eigenvalue weighted by molar-refractivity contribution is 5.94. The molecular formula is C11H15N3O5. The summed E-state index contributed by atoms with van der Waals surface area (Å²) in [5.74, 6) is -0.706. The minimum Gasteiger partial charge on any atom is -0.468 e. The number of carbonyl (C=O) groups excluding carboxylic acids is 2. The summed E-state index contributed by atoms with van der Waals surface area (Å²) in [4.78, 5) is 22.9. The number of anilines is 1. The third-order valence-corrected chi connectivity index (χ3v) is 2.53. The standard InChI is InChI=1S/C11H15N3O5/c1-17-10(15)6-14-5-8(4-12-14)13-11(16)9-7-18-2-3-19-9/h4-5,9H,2-3,6-7H2,1H3,(H,13,16). The van der Waals surface area contributed by atoms with Crippen LogP contribution in [0.15, 0.2) is 12.4 Å². The van der Waals surface area contributed by atoms with Crippen LogP contribution in [0.4, 0.5) is 5.69 Å². The molecule has 0 aromatic carbocycles. The van der Waals surface area contributed by atoms with Crippen molar-refractivity contribution in [2.75, 3.05) is 32.2 Å². The fourth-order valence-electron chi connectivity index (χ4n) is 1.57. The Hall–Kier alpha value is -1.93. The Morgan fingerprint density at radius 3 is 3.11 bits per heavy atom. The van der Waals surface area contributed by atoms with E-state index in [1.54, 1.807) is 6.20 Å². The first-order valence-corrected chi connectivity index (χ1v) is 5.78. The zero-order valence-electron chi connectivity index (χ0n) is 10.5. The number of nitrogens with zero attached hydrogens (tertiary/aromatic N) is 2. The zero-order valence-corrected chi connectivity index (χ0v) is 10.5. The molecule has 104 valence electrons. The van der Waals surface area contributed by atoms with Crippen molar-refractivity contribution < 1.29 is 23.8 Å². The van der Waals surface area contributed by atoms with Gasteiger partial charge in [0.2, 0.25) is 0 Å². The van der Waals surface area contributed by atoms with Crippen molar-refractivity contribution in [2.24, 2.45) is 0 Å². The molecule has 2 rings (SSSR count). The Kier molecular flexibility index (Phi) is 4.48. The maximum Gasteiger partial charge on any atom is 0.327 e. The first kappa shape index (κ1) is 13.5. The highest BCUT2D eigenvalue weighted by Crippen LogP contribution is 2.08. The van der Waals surface area contributed by atoms with Crippen LogP contribution in [0, 0.1) is 0 Å². The third kappa shape index (κ3) is 3.76. The number of hydrogen-bond acceptors (Lipinski definition) is 6. The van der Waals surface area contributed by atoms with Crippen LogP contribution < -0.4 is 5.32 Å². The van der Waals surface area contributed by atoms with Crippen LogP contribution in [-0.4, -0.2) is 54.7 Å². The maximum absolute atomic E-state index is 11.8. The van der Waals surface area contributed by atoms with E-state index in [1.165, 1.54) is 18.0 Å². The fourth-order valence-corrected chi connectivity index (χ4v) is 1.57. The van der Waals surface area contributed by atoms with Crippen LogP contribution in [0.5, 0.6) is 0 Å². The van der Waals surface area contributed by atoms with Gasteiger partial charge in [-0.05, 0) is 0 Å². The number of rotatable bonds is 4. The van der Waals surface area contributed by atoms with Gasteiger partial charge in [-0.15, -0.1) is 0 Å². The molecule has 0 bridgehead atoms. The van der Waals surface area contributed by atoms with Gasteiger partial charge in [0.25, 0.3) is 5.91 Å². The van der Waals surface area contributed by atoms with Crippen molar-refractivity contribution in [3.63, 3.8) is 0 Å². The van der Waals surface area contributed by atoms with Crippen LogP contribution in [-0.2, 0) is 30.3 Å². The van der Waals surface area contributed by atoms with Crippen LogP contribution >= 0.6 is 0 Å². The number of amides is 1. The molecule has 1 N–H and O–H groups in total. The molecule has 2 heterocycles. The van der Waals surface area contributed by atoms with Gasteiger partial charge >= 0.3 is 5.97 Å². The van der Waals surface area contributed by atoms with E-state index in [9.17, 15) is 9.59 Å². The first-order chi connectivity index (χ1) is 9.19. The minimum absolute atomic E-state index is 0.00455. The first-order valence-electron chi connectivity index (χ1n) is 5.78. The van der Waals surface area contributed by atoms with Crippen molar-refractivity contribution in [3.8, 4) is 0 Å². The molecule has 0 spiro atoms. The second-order valence-electron chi connectivity index (χ2n) is 3.93. The molecule has 0 radical (unpaired) electrons. The Morgan fingerprint density at radius 2 is 2.42 bits per heavy atom. The lowest BCUT2D eigenvalue weighted by molar-refractivity contribution is -0.142. The molecule has 8 heteroatoms. The zero-order chi connectivity index (χ0) is 13.7. The quantitative estimate of drug-likeness (QED) is 0.735. The molecule has 0 aliphatic carbocycles. The van der Waals surface area contributed by atoms with Gasteiger partial charge in [0.05, 0.1) is 38.8 Å². The average Bonchev–Trinajstić information content (AvgIpc) is 2.86. The smallest absolute Gasteiger partial charge is 0.327 e. The van der Waals surface area contributed by atoms with E-state index in [-0.39, 0.29) is 19.1 Å². The molecule has 19 heavy (non-hydrogen) atoms. The van der Waals surface area contributed by atoms with Gasteiger partial charge in [-0.2, -0.15) is 5.10 Å². The van der Waals surface area contributed by atoms with Crippen LogP contribution in [0.3, 0.4) is 0 Å². The predicted molar refractivity (Wildman–Crippen MR) is 63.4 cm³/mol. The number of carbonyl (C=O) groups is 2. The van der Waals surface area contributed by atoms with E-state index in [2.05, 4.69) is 15.2 Å². The topological polar surface area (TPSA) is 91.7 Å². The Balaban J connectivity index is 1.88. The van der Waals surface area contributed by atoms with Crippen LogP contribution in [0.25, 0.3) is 0 Å². The van der Waals surface area contributed by atoms with Gasteiger partial charge in [0.1, 0.15) is 6.54 Å². The highest BCUT2D eigenvalue weighted by Gasteiger charge is 2.23. The lowest BCUT2D eigenvalue weighted by atomic mass is 10.3. The molecule has 1 fully saturated rings. The van der Waals surface area contributed by atoms with E-state index in [1.807, 2.05) is 0 Å². The molecule has 1 aromatic heterocycles. The van der Waals surface area contributed by atoms with Crippen LogP contribution in [0.1, 0.15) is 0 Å². The summed E-state index contributed by atoms with van der Waals surface area (Å²) >= 11 is 0. The summed E-state index contributed by atoms with van der Waals surface area (Å²) in [6.45, 7) is 1.14. The molecule has 1 aliphatic heterocycles. The van der Waals surface area contributed by atoms with Gasteiger partial charge < -0.3 is 19.5 Å². The number of esters is 1.